The zero-order chi connectivity index (χ0) is 45.2. The lowest BCUT2D eigenvalue weighted by atomic mass is 9.89. The Labute approximate surface area is 351 Å². The van der Waals surface area contributed by atoms with Gasteiger partial charge in [0.25, 0.3) is 5.91 Å². The summed E-state index contributed by atoms with van der Waals surface area (Å²) in [6.45, 7) is 26.2. The molecule has 336 valence electrons. The first kappa shape index (κ1) is 52.6. The number of ether oxygens (including phenoxy) is 5. The van der Waals surface area contributed by atoms with E-state index < -0.39 is 45.8 Å². The third-order valence-corrected chi connectivity index (χ3v) is 8.33. The number of rotatable bonds is 23. The first-order chi connectivity index (χ1) is 27.0. The minimum absolute atomic E-state index is 0.0243. The topological polar surface area (TPSA) is 200 Å². The SMILES string of the molecule is COC(=O)c1ccc(C(=O)N(CCNC(=O)CC(C)(C)COCC(C)CNC(=O)OC(C)(C)C)CCNC(=O)CC(C)(C)COC(C)(C)CNC(=O)OC(C)(C)C)cc1. The van der Waals surface area contributed by atoms with Crippen LogP contribution in [0.15, 0.2) is 24.3 Å². The monoisotopic (exact) mass is 836 g/mol. The van der Waals surface area contributed by atoms with Gasteiger partial charge in [-0.1, -0.05) is 34.6 Å². The maximum absolute atomic E-state index is 13.7. The van der Waals surface area contributed by atoms with Gasteiger partial charge < -0.3 is 49.9 Å². The van der Waals surface area contributed by atoms with Crippen LogP contribution in [-0.4, -0.2) is 124 Å². The molecule has 1 unspecified atom stereocenters. The average Bonchev–Trinajstić information content (AvgIpc) is 3.09. The highest BCUT2D eigenvalue weighted by Crippen LogP contribution is 2.24. The lowest BCUT2D eigenvalue weighted by Crippen LogP contribution is -2.45. The number of carbonyl (C=O) groups excluding carboxylic acids is 6. The van der Waals surface area contributed by atoms with Gasteiger partial charge in [-0.15, -0.1) is 0 Å². The van der Waals surface area contributed by atoms with E-state index in [0.717, 1.165) is 0 Å². The fraction of sp³-hybridized carbons (Fsp3) is 0.721. The maximum atomic E-state index is 13.7. The molecule has 0 radical (unpaired) electrons. The number of benzene rings is 1. The molecule has 0 saturated carbocycles. The van der Waals surface area contributed by atoms with Gasteiger partial charge >= 0.3 is 18.2 Å². The van der Waals surface area contributed by atoms with Gasteiger partial charge in [0.15, 0.2) is 0 Å². The molecule has 0 aromatic heterocycles. The predicted octanol–water partition coefficient (Wildman–Crippen LogP) is 5.48. The molecule has 16 heteroatoms. The van der Waals surface area contributed by atoms with Crippen molar-refractivity contribution in [1.82, 2.24) is 26.2 Å². The maximum Gasteiger partial charge on any atom is 0.407 e. The van der Waals surface area contributed by atoms with Crippen LogP contribution in [0.2, 0.25) is 0 Å². The second kappa shape index (κ2) is 23.4. The Morgan fingerprint density at radius 2 is 1.10 bits per heavy atom. The van der Waals surface area contributed by atoms with E-state index in [2.05, 4.69) is 21.3 Å². The van der Waals surface area contributed by atoms with Crippen molar-refractivity contribution in [2.45, 2.75) is 120 Å². The summed E-state index contributed by atoms with van der Waals surface area (Å²) in [5.74, 6) is -1.29. The molecule has 1 atom stereocenters. The van der Waals surface area contributed by atoms with Crippen LogP contribution in [0.4, 0.5) is 9.59 Å². The summed E-state index contributed by atoms with van der Waals surface area (Å²) in [6, 6.07) is 6.07. The Morgan fingerprint density at radius 3 is 1.58 bits per heavy atom. The highest BCUT2D eigenvalue weighted by Gasteiger charge is 2.29. The smallest absolute Gasteiger partial charge is 0.407 e. The lowest BCUT2D eigenvalue weighted by Gasteiger charge is -2.32. The molecular formula is C43H73N5O11. The highest BCUT2D eigenvalue weighted by atomic mass is 16.6. The Hall–Kier alpha value is -4.44. The highest BCUT2D eigenvalue weighted by molar-refractivity contribution is 5.96. The minimum Gasteiger partial charge on any atom is -0.465 e. The van der Waals surface area contributed by atoms with Crippen LogP contribution < -0.4 is 21.3 Å². The van der Waals surface area contributed by atoms with E-state index in [1.807, 2.05) is 48.5 Å². The second-order valence-corrected chi connectivity index (χ2v) is 19.1. The van der Waals surface area contributed by atoms with Crippen molar-refractivity contribution >= 4 is 35.9 Å². The number of nitrogens with one attached hydrogen (secondary N) is 4. The fourth-order valence-electron chi connectivity index (χ4n) is 5.33. The van der Waals surface area contributed by atoms with E-state index >= 15 is 0 Å². The van der Waals surface area contributed by atoms with Gasteiger partial charge in [0.1, 0.15) is 11.2 Å². The van der Waals surface area contributed by atoms with Crippen molar-refractivity contribution < 1.29 is 52.5 Å². The number of hydrogen-bond donors (Lipinski definition) is 4. The number of hydrogen-bond acceptors (Lipinski definition) is 11. The molecule has 16 nitrogen and oxygen atoms in total. The number of methoxy groups -OCH3 is 1. The average molecular weight is 836 g/mol. The van der Waals surface area contributed by atoms with Crippen LogP contribution in [0.1, 0.15) is 124 Å². The van der Waals surface area contributed by atoms with Gasteiger partial charge in [0, 0.05) is 57.7 Å². The summed E-state index contributed by atoms with van der Waals surface area (Å²) < 4.78 is 27.3. The molecule has 0 spiro atoms. The quantitative estimate of drug-likeness (QED) is 0.0805. The van der Waals surface area contributed by atoms with Crippen LogP contribution in [0.25, 0.3) is 0 Å². The summed E-state index contributed by atoms with van der Waals surface area (Å²) in [5.41, 5.74) is -2.35. The zero-order valence-electron chi connectivity index (χ0n) is 38.1. The van der Waals surface area contributed by atoms with E-state index in [1.165, 1.54) is 36.3 Å². The Balaban J connectivity index is 2.76. The normalized spacial score (nSPS) is 12.8. The molecule has 0 aliphatic rings. The van der Waals surface area contributed by atoms with E-state index in [9.17, 15) is 28.8 Å². The van der Waals surface area contributed by atoms with Gasteiger partial charge in [-0.05, 0) is 96.4 Å². The summed E-state index contributed by atoms with van der Waals surface area (Å²) in [6.07, 6.45) is -0.713. The number of amides is 5. The summed E-state index contributed by atoms with van der Waals surface area (Å²) in [7, 11) is 1.27. The Morgan fingerprint density at radius 1 is 0.644 bits per heavy atom. The van der Waals surface area contributed by atoms with Crippen LogP contribution in [-0.2, 0) is 33.3 Å². The van der Waals surface area contributed by atoms with Gasteiger partial charge in [0.05, 0.1) is 38.1 Å². The molecule has 0 aliphatic carbocycles. The Kier molecular flexibility index (Phi) is 20.8. The molecule has 0 bridgehead atoms. The van der Waals surface area contributed by atoms with Crippen molar-refractivity contribution in [3.05, 3.63) is 35.4 Å². The fourth-order valence-corrected chi connectivity index (χ4v) is 5.33. The van der Waals surface area contributed by atoms with E-state index in [1.54, 1.807) is 41.5 Å². The molecule has 1 rings (SSSR count). The van der Waals surface area contributed by atoms with Crippen molar-refractivity contribution in [3.8, 4) is 0 Å². The van der Waals surface area contributed by atoms with Crippen molar-refractivity contribution in [2.24, 2.45) is 16.7 Å². The third-order valence-electron chi connectivity index (χ3n) is 8.33. The van der Waals surface area contributed by atoms with E-state index in [4.69, 9.17) is 23.7 Å². The van der Waals surface area contributed by atoms with Gasteiger partial charge in [-0.25, -0.2) is 14.4 Å². The van der Waals surface area contributed by atoms with Crippen LogP contribution in [0.5, 0.6) is 0 Å². The van der Waals surface area contributed by atoms with Gasteiger partial charge in [0.2, 0.25) is 11.8 Å². The minimum atomic E-state index is -0.721. The van der Waals surface area contributed by atoms with Crippen LogP contribution >= 0.6 is 0 Å². The van der Waals surface area contributed by atoms with Crippen molar-refractivity contribution in [3.63, 3.8) is 0 Å². The largest absolute Gasteiger partial charge is 0.465 e. The standard InChI is InChI=1S/C43H73N5O11/c1-30(25-46-37(53)58-39(2,3)4)26-56-28-41(8,9)23-33(49)44-19-21-48(35(51)31-15-17-32(18-16-31)36(52)55-14)22-20-45-34(50)24-42(10,11)29-57-43(12,13)27-47-38(54)59-40(5,6)7/h15-18,30H,19-29H2,1-14H3,(H,44,49)(H,45,50)(H,46,53)(H,47,54). The molecule has 4 N–H and O–H groups in total. The van der Waals surface area contributed by atoms with Gasteiger partial charge in [-0.3, -0.25) is 14.4 Å². The molecule has 5 amide bonds. The summed E-state index contributed by atoms with van der Waals surface area (Å²) in [4.78, 5) is 77.2. The number of alkyl carbamates (subject to hydrolysis) is 2. The predicted molar refractivity (Wildman–Crippen MR) is 225 cm³/mol. The molecule has 0 heterocycles. The summed E-state index contributed by atoms with van der Waals surface area (Å²) >= 11 is 0. The lowest BCUT2D eigenvalue weighted by molar-refractivity contribution is -0.125. The first-order valence-corrected chi connectivity index (χ1v) is 20.2. The summed E-state index contributed by atoms with van der Waals surface area (Å²) in [5, 5.41) is 11.2. The molecule has 1 aromatic carbocycles. The van der Waals surface area contributed by atoms with Crippen molar-refractivity contribution in [2.75, 3.05) is 66.2 Å². The van der Waals surface area contributed by atoms with Crippen molar-refractivity contribution in [1.29, 1.82) is 0 Å². The molecule has 0 fully saturated rings. The number of carbonyl (C=O) groups is 6. The number of nitrogens with zero attached hydrogens (tertiary/aromatic N) is 1. The van der Waals surface area contributed by atoms with E-state index in [-0.39, 0.29) is 75.8 Å². The molecular weight excluding hydrogens is 762 g/mol. The molecule has 0 aliphatic heterocycles. The third kappa shape index (κ3) is 24.3. The molecule has 59 heavy (non-hydrogen) atoms. The van der Waals surface area contributed by atoms with Gasteiger partial charge in [-0.2, -0.15) is 0 Å². The number of esters is 1. The molecule has 1 aromatic rings. The van der Waals surface area contributed by atoms with E-state index in [0.29, 0.717) is 30.9 Å². The van der Waals surface area contributed by atoms with Crippen LogP contribution in [0, 0.1) is 16.7 Å². The van der Waals surface area contributed by atoms with Crippen LogP contribution in [0.3, 0.4) is 0 Å². The Bertz CT molecular complexity index is 1530. The zero-order valence-corrected chi connectivity index (χ0v) is 38.1. The molecule has 0 saturated heterocycles. The first-order valence-electron chi connectivity index (χ1n) is 20.2. The second-order valence-electron chi connectivity index (χ2n) is 19.1.